The van der Waals surface area contributed by atoms with Crippen molar-refractivity contribution in [2.45, 2.75) is 257 Å². The number of unbranched alkanes of at least 4 members (excludes halogenated alkanes) is 31. The lowest BCUT2D eigenvalue weighted by Crippen LogP contribution is -2.45. The van der Waals surface area contributed by atoms with Crippen LogP contribution in [0.25, 0.3) is 0 Å². The molecule has 0 heterocycles. The second-order valence-corrected chi connectivity index (χ2v) is 21.1. The van der Waals surface area contributed by atoms with Crippen molar-refractivity contribution >= 4 is 13.7 Å². The van der Waals surface area contributed by atoms with Gasteiger partial charge in [0.1, 0.15) is 13.2 Å². The van der Waals surface area contributed by atoms with E-state index >= 15 is 0 Å². The largest absolute Gasteiger partial charge is 0.472 e. The number of likely N-dealkylation sites (N-methyl/N-ethyl adjacent to an activating group) is 1. The van der Waals surface area contributed by atoms with Gasteiger partial charge in [-0.15, -0.1) is 0 Å². The summed E-state index contributed by atoms with van der Waals surface area (Å²) in [5, 5.41) is 13.8. The lowest BCUT2D eigenvalue weighted by molar-refractivity contribution is -0.870. The average Bonchev–Trinajstić information content (AvgIpc) is 3.25. The van der Waals surface area contributed by atoms with Gasteiger partial charge in [0.05, 0.1) is 39.9 Å². The number of hydrogen-bond donors (Lipinski definition) is 3. The van der Waals surface area contributed by atoms with Crippen molar-refractivity contribution in [3.8, 4) is 0 Å². The first-order chi connectivity index (χ1) is 31.0. The number of phosphoric ester groups is 1. The van der Waals surface area contributed by atoms with Crippen LogP contribution in [-0.2, 0) is 18.4 Å². The molecule has 8 nitrogen and oxygen atoms in total. The summed E-state index contributed by atoms with van der Waals surface area (Å²) in [7, 11) is 1.55. The molecule has 0 aliphatic carbocycles. The van der Waals surface area contributed by atoms with E-state index in [0.29, 0.717) is 17.4 Å². The van der Waals surface area contributed by atoms with Gasteiger partial charge in [-0.1, -0.05) is 222 Å². The molecular weight excluding hydrogens is 816 g/mol. The number of phosphoric acid groups is 1. The topological polar surface area (TPSA) is 105 Å². The van der Waals surface area contributed by atoms with E-state index in [1.165, 1.54) is 180 Å². The number of nitrogens with one attached hydrogen (secondary N) is 1. The third kappa shape index (κ3) is 48.4. The summed E-state index contributed by atoms with van der Waals surface area (Å²) in [6.45, 7) is 4.56. The van der Waals surface area contributed by atoms with Crippen LogP contribution in [0, 0.1) is 0 Å². The highest BCUT2D eigenvalue weighted by Gasteiger charge is 2.27. The van der Waals surface area contributed by atoms with Crippen molar-refractivity contribution in [1.29, 1.82) is 0 Å². The van der Waals surface area contributed by atoms with Gasteiger partial charge in [-0.05, 0) is 64.7 Å². The number of aliphatic hydroxyl groups excluding tert-OH is 1. The van der Waals surface area contributed by atoms with Crippen LogP contribution in [0.15, 0.2) is 48.6 Å². The summed E-state index contributed by atoms with van der Waals surface area (Å²) in [5.41, 5.74) is 0. The van der Waals surface area contributed by atoms with Crippen molar-refractivity contribution < 1.29 is 32.9 Å². The van der Waals surface area contributed by atoms with Crippen molar-refractivity contribution in [3.63, 3.8) is 0 Å². The minimum atomic E-state index is -4.35. The fraction of sp³-hybridized carbons (Fsp3) is 0.836. The van der Waals surface area contributed by atoms with Gasteiger partial charge >= 0.3 is 7.82 Å². The molecule has 0 aliphatic heterocycles. The lowest BCUT2D eigenvalue weighted by atomic mass is 10.0. The van der Waals surface area contributed by atoms with Crippen LogP contribution in [-0.4, -0.2) is 73.4 Å². The number of quaternary nitrogens is 1. The van der Waals surface area contributed by atoms with E-state index in [2.05, 4.69) is 48.7 Å². The molecule has 0 saturated heterocycles. The van der Waals surface area contributed by atoms with E-state index in [1.807, 2.05) is 34.1 Å². The summed E-state index contributed by atoms with van der Waals surface area (Å²) in [5.74, 6) is -0.192. The van der Waals surface area contributed by atoms with Gasteiger partial charge in [-0.25, -0.2) is 4.57 Å². The smallest absolute Gasteiger partial charge is 0.387 e. The van der Waals surface area contributed by atoms with Crippen molar-refractivity contribution in [1.82, 2.24) is 5.32 Å². The molecule has 3 unspecified atom stereocenters. The van der Waals surface area contributed by atoms with Crippen molar-refractivity contribution in [2.75, 3.05) is 40.9 Å². The molecule has 9 heteroatoms. The molecule has 1 amide bonds. The molecule has 3 N–H and O–H groups in total. The number of allylic oxidation sites excluding steroid dienone is 7. The SMILES string of the molecule is C/C=C/CC/C=C/CC/C=C/C(O)C(COP(=O)(O)OCC[N+](C)(C)C)NC(=O)CCCCCCCCCCCCCCCCCCC/C=C\CCCCCCCCCCCCCC. The fourth-order valence-corrected chi connectivity index (χ4v) is 8.58. The van der Waals surface area contributed by atoms with Gasteiger partial charge in [-0.2, -0.15) is 0 Å². The standard InChI is InChI=1S/C55H105N2O6P/c1-6-8-10-12-14-16-17-18-19-20-21-22-23-24-25-26-27-28-29-30-31-32-33-34-35-36-37-38-39-41-43-45-47-49-55(59)56-53(52-63-64(60,61)62-51-50-57(3,4)5)54(58)48-46-44-42-40-15-13-11-9-7-2/h7,9,15,24-25,40,46,48,53-54,58H,6,8,10-14,16-23,26-39,41-45,47,49-52H2,1-5H3,(H-,56,59,60,61)/p+1/b9-7+,25-24-,40-15+,48-46+. The number of hydrogen-bond acceptors (Lipinski definition) is 5. The van der Waals surface area contributed by atoms with E-state index in [9.17, 15) is 19.4 Å². The van der Waals surface area contributed by atoms with E-state index in [1.54, 1.807) is 6.08 Å². The predicted molar refractivity (Wildman–Crippen MR) is 277 cm³/mol. The average molecular weight is 922 g/mol. The molecule has 0 aromatic rings. The summed E-state index contributed by atoms with van der Waals surface area (Å²) in [6.07, 6.45) is 61.2. The summed E-state index contributed by atoms with van der Waals surface area (Å²) >= 11 is 0. The minimum Gasteiger partial charge on any atom is -0.387 e. The Hall–Kier alpha value is -1.54. The molecule has 0 aromatic heterocycles. The number of amides is 1. The lowest BCUT2D eigenvalue weighted by Gasteiger charge is -2.25. The van der Waals surface area contributed by atoms with E-state index in [-0.39, 0.29) is 19.1 Å². The number of rotatable bonds is 49. The van der Waals surface area contributed by atoms with Gasteiger partial charge in [0, 0.05) is 6.42 Å². The first-order valence-electron chi connectivity index (χ1n) is 27.0. The quantitative estimate of drug-likeness (QED) is 0.0243. The summed E-state index contributed by atoms with van der Waals surface area (Å²) < 4.78 is 23.5. The highest BCUT2D eigenvalue weighted by atomic mass is 31.2. The Kier molecular flexibility index (Phi) is 45.4. The van der Waals surface area contributed by atoms with Gasteiger partial charge < -0.3 is 19.8 Å². The van der Waals surface area contributed by atoms with Crippen LogP contribution in [0.3, 0.4) is 0 Å². The maximum Gasteiger partial charge on any atom is 0.472 e. The summed E-state index contributed by atoms with van der Waals surface area (Å²) in [6, 6.07) is -0.867. The second kappa shape index (κ2) is 46.6. The van der Waals surface area contributed by atoms with E-state index in [0.717, 1.165) is 44.9 Å². The highest BCUT2D eigenvalue weighted by Crippen LogP contribution is 2.43. The van der Waals surface area contributed by atoms with Crippen LogP contribution in [0.1, 0.15) is 245 Å². The third-order valence-corrected chi connectivity index (χ3v) is 13.1. The second-order valence-electron chi connectivity index (χ2n) is 19.6. The predicted octanol–water partition coefficient (Wildman–Crippen LogP) is 16.0. The van der Waals surface area contributed by atoms with Crippen LogP contribution >= 0.6 is 7.82 Å². The molecule has 3 atom stereocenters. The third-order valence-electron chi connectivity index (χ3n) is 12.1. The van der Waals surface area contributed by atoms with Gasteiger partial charge in [0.2, 0.25) is 5.91 Å². The molecule has 376 valence electrons. The monoisotopic (exact) mass is 922 g/mol. The van der Waals surface area contributed by atoms with Crippen molar-refractivity contribution in [2.24, 2.45) is 0 Å². The van der Waals surface area contributed by atoms with Crippen LogP contribution in [0.5, 0.6) is 0 Å². The molecule has 0 aromatic carbocycles. The molecule has 0 bridgehead atoms. The maximum absolute atomic E-state index is 12.9. The zero-order valence-corrected chi connectivity index (χ0v) is 43.7. The van der Waals surface area contributed by atoms with E-state index in [4.69, 9.17) is 9.05 Å². The molecule has 0 saturated carbocycles. The molecule has 0 radical (unpaired) electrons. The Morgan fingerprint density at radius 1 is 0.547 bits per heavy atom. The molecule has 0 rings (SSSR count). The maximum atomic E-state index is 12.9. The number of carbonyl (C=O) groups excluding carboxylic acids is 1. The molecule has 0 fully saturated rings. The molecule has 0 aliphatic rings. The highest BCUT2D eigenvalue weighted by molar-refractivity contribution is 7.47. The number of carbonyl (C=O) groups is 1. The van der Waals surface area contributed by atoms with Crippen LogP contribution in [0.4, 0.5) is 0 Å². The van der Waals surface area contributed by atoms with Gasteiger partial charge in [0.25, 0.3) is 0 Å². The zero-order valence-electron chi connectivity index (χ0n) is 42.8. The Labute approximate surface area is 397 Å². The number of nitrogens with zero attached hydrogens (tertiary/aromatic N) is 1. The van der Waals surface area contributed by atoms with Crippen LogP contribution in [0.2, 0.25) is 0 Å². The van der Waals surface area contributed by atoms with Gasteiger partial charge in [-0.3, -0.25) is 13.8 Å². The Morgan fingerprint density at radius 3 is 1.34 bits per heavy atom. The molecule has 0 spiro atoms. The van der Waals surface area contributed by atoms with E-state index < -0.39 is 20.0 Å². The first kappa shape index (κ1) is 62.5. The minimum absolute atomic E-state index is 0.0531. The molecular formula is C55H106N2O6P+. The fourth-order valence-electron chi connectivity index (χ4n) is 7.84. The van der Waals surface area contributed by atoms with Gasteiger partial charge in [0.15, 0.2) is 0 Å². The molecule has 64 heavy (non-hydrogen) atoms. The Bertz CT molecular complexity index is 1180. The zero-order chi connectivity index (χ0) is 47.1. The summed E-state index contributed by atoms with van der Waals surface area (Å²) in [4.78, 5) is 23.1. The first-order valence-corrected chi connectivity index (χ1v) is 28.5. The normalized spacial score (nSPS) is 14.4. The Morgan fingerprint density at radius 2 is 0.922 bits per heavy atom. The number of aliphatic hydroxyl groups is 1. The van der Waals surface area contributed by atoms with Crippen LogP contribution < -0.4 is 5.32 Å². The Balaban J connectivity index is 3.92. The van der Waals surface area contributed by atoms with Crippen molar-refractivity contribution in [3.05, 3.63) is 48.6 Å².